The van der Waals surface area contributed by atoms with E-state index in [2.05, 4.69) is 44.0 Å². The van der Waals surface area contributed by atoms with Crippen molar-refractivity contribution in [3.63, 3.8) is 0 Å². The van der Waals surface area contributed by atoms with E-state index in [1.54, 1.807) is 11.3 Å². The number of fused-ring (bicyclic) bond motifs is 1. The maximum atomic E-state index is 6.71. The van der Waals surface area contributed by atoms with Gasteiger partial charge >= 0.3 is 0 Å². The highest BCUT2D eigenvalue weighted by atomic mass is 79.9. The minimum atomic E-state index is -0.0161. The van der Waals surface area contributed by atoms with Gasteiger partial charge in [-0.05, 0) is 56.0 Å². The molecule has 19 heavy (non-hydrogen) atoms. The Balaban J connectivity index is 1.95. The van der Waals surface area contributed by atoms with Crippen LogP contribution in [0.2, 0.25) is 0 Å². The van der Waals surface area contributed by atoms with Crippen LogP contribution in [0.25, 0.3) is 0 Å². The van der Waals surface area contributed by atoms with Crippen molar-refractivity contribution in [1.82, 2.24) is 0 Å². The van der Waals surface area contributed by atoms with Crippen LogP contribution in [0.5, 0.6) is 5.75 Å². The van der Waals surface area contributed by atoms with E-state index in [9.17, 15) is 0 Å². The van der Waals surface area contributed by atoms with Gasteiger partial charge < -0.3 is 4.74 Å². The molecule has 2 aromatic rings. The van der Waals surface area contributed by atoms with Gasteiger partial charge in [-0.2, -0.15) is 0 Å². The topological polar surface area (TPSA) is 9.23 Å². The molecular formula is C14H11Br2ClOS. The highest BCUT2D eigenvalue weighted by Crippen LogP contribution is 2.48. The lowest BCUT2D eigenvalue weighted by Crippen LogP contribution is -2.17. The Kier molecular flexibility index (Phi) is 4.22. The maximum absolute atomic E-state index is 6.71. The highest BCUT2D eigenvalue weighted by molar-refractivity contribution is 9.13. The van der Waals surface area contributed by atoms with Crippen LogP contribution in [0, 0.1) is 0 Å². The van der Waals surface area contributed by atoms with Crippen LogP contribution in [0.3, 0.4) is 0 Å². The minimum absolute atomic E-state index is 0.0161. The van der Waals surface area contributed by atoms with E-state index in [1.165, 1.54) is 10.4 Å². The zero-order valence-electron chi connectivity index (χ0n) is 9.91. The van der Waals surface area contributed by atoms with E-state index in [4.69, 9.17) is 16.3 Å². The summed E-state index contributed by atoms with van der Waals surface area (Å²) >= 11 is 15.4. The monoisotopic (exact) mass is 420 g/mol. The third-order valence-corrected chi connectivity index (χ3v) is 7.30. The van der Waals surface area contributed by atoms with Gasteiger partial charge in [0.25, 0.3) is 0 Å². The molecule has 0 N–H and O–H groups in total. The average molecular weight is 423 g/mol. The Labute approximate surface area is 138 Å². The lowest BCUT2D eigenvalue weighted by molar-refractivity contribution is 0.265. The number of para-hydroxylation sites is 1. The van der Waals surface area contributed by atoms with E-state index in [0.717, 1.165) is 27.0 Å². The fourth-order valence-corrected chi connectivity index (χ4v) is 4.96. The number of ether oxygens (including phenoxy) is 1. The van der Waals surface area contributed by atoms with Crippen molar-refractivity contribution in [3.8, 4) is 5.75 Å². The molecule has 1 aliphatic heterocycles. The number of rotatable bonds is 2. The Bertz CT molecular complexity index is 579. The Morgan fingerprint density at radius 1 is 1.32 bits per heavy atom. The summed E-state index contributed by atoms with van der Waals surface area (Å²) in [5.74, 6) is 1.28. The summed E-state index contributed by atoms with van der Waals surface area (Å²) in [7, 11) is 0. The quantitative estimate of drug-likeness (QED) is 0.530. The van der Waals surface area contributed by atoms with E-state index in [1.807, 2.05) is 18.2 Å². The number of hydrogen-bond acceptors (Lipinski definition) is 2. The normalized spacial score (nSPS) is 19.6. The van der Waals surface area contributed by atoms with Gasteiger partial charge in [-0.1, -0.05) is 18.2 Å². The van der Waals surface area contributed by atoms with Gasteiger partial charge in [0.1, 0.15) is 5.75 Å². The molecule has 3 rings (SSSR count). The first-order valence-corrected chi connectivity index (χ1v) is 8.81. The number of benzene rings is 1. The van der Waals surface area contributed by atoms with Crippen molar-refractivity contribution in [2.24, 2.45) is 0 Å². The van der Waals surface area contributed by atoms with E-state index in [-0.39, 0.29) is 5.38 Å². The maximum Gasteiger partial charge on any atom is 0.122 e. The van der Waals surface area contributed by atoms with Crippen LogP contribution in [0.4, 0.5) is 0 Å². The second-order valence-electron chi connectivity index (χ2n) is 4.45. The Morgan fingerprint density at radius 2 is 2.11 bits per heavy atom. The first-order valence-electron chi connectivity index (χ1n) is 5.97. The predicted octanol–water partition coefficient (Wildman–Crippen LogP) is 6.12. The molecule has 2 unspecified atom stereocenters. The second kappa shape index (κ2) is 5.76. The molecule has 1 aliphatic rings. The molecule has 0 aliphatic carbocycles. The summed E-state index contributed by atoms with van der Waals surface area (Å²) in [6.07, 6.45) is 0.957. The molecule has 0 saturated heterocycles. The Hall–Kier alpha value is -0.0300. The molecule has 0 saturated carbocycles. The molecule has 0 amide bonds. The second-order valence-corrected chi connectivity index (χ2v) is 8.18. The molecule has 5 heteroatoms. The molecule has 2 heterocycles. The van der Waals surface area contributed by atoms with Gasteiger partial charge in [-0.25, -0.2) is 0 Å². The third-order valence-electron chi connectivity index (χ3n) is 3.29. The largest absolute Gasteiger partial charge is 0.493 e. The average Bonchev–Trinajstić information content (AvgIpc) is 2.77. The van der Waals surface area contributed by atoms with Gasteiger partial charge in [0.05, 0.1) is 15.8 Å². The van der Waals surface area contributed by atoms with E-state index in [0.29, 0.717) is 5.92 Å². The van der Waals surface area contributed by atoms with Crippen LogP contribution in [0.15, 0.2) is 38.6 Å². The van der Waals surface area contributed by atoms with Gasteiger partial charge in [-0.15, -0.1) is 22.9 Å². The fraction of sp³-hybridized carbons (Fsp3) is 0.286. The summed E-state index contributed by atoms with van der Waals surface area (Å²) in [5, 5.41) is -0.0161. The van der Waals surface area contributed by atoms with Crippen LogP contribution >= 0.6 is 54.8 Å². The number of halogens is 3. The highest BCUT2D eigenvalue weighted by Gasteiger charge is 2.29. The molecule has 0 spiro atoms. The van der Waals surface area contributed by atoms with E-state index < -0.39 is 0 Å². The van der Waals surface area contributed by atoms with Crippen LogP contribution in [-0.4, -0.2) is 6.61 Å². The van der Waals surface area contributed by atoms with Gasteiger partial charge in [0, 0.05) is 15.3 Å². The zero-order valence-corrected chi connectivity index (χ0v) is 14.7. The zero-order chi connectivity index (χ0) is 13.4. The predicted molar refractivity (Wildman–Crippen MR) is 87.6 cm³/mol. The molecule has 0 fully saturated rings. The molecule has 0 bridgehead atoms. The van der Waals surface area contributed by atoms with Crippen LogP contribution in [0.1, 0.15) is 28.2 Å². The van der Waals surface area contributed by atoms with Crippen molar-refractivity contribution in [3.05, 3.63) is 49.0 Å². The number of alkyl halides is 1. The molecule has 1 aromatic heterocycles. The van der Waals surface area contributed by atoms with E-state index >= 15 is 0 Å². The Morgan fingerprint density at radius 3 is 2.84 bits per heavy atom. The molecule has 1 aromatic carbocycles. The summed E-state index contributed by atoms with van der Waals surface area (Å²) in [4.78, 5) is 1.18. The third kappa shape index (κ3) is 2.73. The summed E-state index contributed by atoms with van der Waals surface area (Å²) in [6.45, 7) is 0.735. The van der Waals surface area contributed by atoms with Gasteiger partial charge in [0.2, 0.25) is 0 Å². The van der Waals surface area contributed by atoms with Gasteiger partial charge in [-0.3, -0.25) is 0 Å². The number of thiophene rings is 1. The summed E-state index contributed by atoms with van der Waals surface area (Å²) in [6, 6.07) is 10.3. The molecule has 1 nitrogen and oxygen atoms in total. The SMILES string of the molecule is ClC(c1cc(Br)c(Br)s1)C1CCOc2ccccc21. The lowest BCUT2D eigenvalue weighted by Gasteiger charge is -2.28. The first kappa shape index (κ1) is 13.9. The van der Waals surface area contributed by atoms with Crippen LogP contribution in [-0.2, 0) is 0 Å². The van der Waals surface area contributed by atoms with Crippen LogP contribution < -0.4 is 4.74 Å². The minimum Gasteiger partial charge on any atom is -0.493 e. The van der Waals surface area contributed by atoms with Crippen molar-refractivity contribution in [1.29, 1.82) is 0 Å². The molecular weight excluding hydrogens is 411 g/mol. The fourth-order valence-electron chi connectivity index (χ4n) is 2.37. The van der Waals surface area contributed by atoms with Crippen molar-refractivity contribution < 1.29 is 4.74 Å². The molecule has 100 valence electrons. The van der Waals surface area contributed by atoms with Crippen molar-refractivity contribution in [2.45, 2.75) is 17.7 Å². The molecule has 0 radical (unpaired) electrons. The smallest absolute Gasteiger partial charge is 0.122 e. The van der Waals surface area contributed by atoms with Gasteiger partial charge in [0.15, 0.2) is 0 Å². The molecule has 2 atom stereocenters. The lowest BCUT2D eigenvalue weighted by atomic mass is 9.89. The van der Waals surface area contributed by atoms with Crippen molar-refractivity contribution in [2.75, 3.05) is 6.61 Å². The summed E-state index contributed by atoms with van der Waals surface area (Å²) in [5.41, 5.74) is 1.22. The first-order chi connectivity index (χ1) is 9.16. The van der Waals surface area contributed by atoms with Crippen molar-refractivity contribution >= 4 is 54.8 Å². The standard InChI is InChI=1S/C14H11Br2ClOS/c15-10-7-12(19-14(10)16)13(17)9-5-6-18-11-4-2-1-3-8(9)11/h1-4,7,9,13H,5-6H2. The number of hydrogen-bond donors (Lipinski definition) is 0. The summed E-state index contributed by atoms with van der Waals surface area (Å²) < 4.78 is 7.85.